The first-order valence-corrected chi connectivity index (χ1v) is 17.3. The van der Waals surface area contributed by atoms with Gasteiger partial charge >= 0.3 is 6.09 Å². The predicted octanol–water partition coefficient (Wildman–Crippen LogP) is 4.05. The van der Waals surface area contributed by atoms with Gasteiger partial charge in [-0.05, 0) is 56.1 Å². The minimum Gasteiger partial charge on any atom is -0.446 e. The quantitative estimate of drug-likeness (QED) is 0.160. The fourth-order valence-corrected chi connectivity index (χ4v) is 7.35. The number of hydrogen-bond donors (Lipinski definition) is 3. The Balaban J connectivity index is 1.17. The summed E-state index contributed by atoms with van der Waals surface area (Å²) in [6.07, 6.45) is 10.7. The molecule has 5 aliphatic rings. The molecule has 1 unspecified atom stereocenters. The fraction of sp³-hybridized carbons (Fsp3) is 0.459. The average molecular weight is 665 g/mol. The molecule has 3 N–H and O–H groups in total. The number of nitrogens with one attached hydrogen (secondary N) is 3. The van der Waals surface area contributed by atoms with Gasteiger partial charge in [0.25, 0.3) is 5.91 Å². The summed E-state index contributed by atoms with van der Waals surface area (Å²) in [6, 6.07) is 14.0. The van der Waals surface area contributed by atoms with Crippen molar-refractivity contribution in [1.82, 2.24) is 20.9 Å². The van der Waals surface area contributed by atoms with Crippen molar-refractivity contribution >= 4 is 29.5 Å². The summed E-state index contributed by atoms with van der Waals surface area (Å²) < 4.78 is 5.53. The predicted molar refractivity (Wildman–Crippen MR) is 179 cm³/mol. The first-order valence-electron chi connectivity index (χ1n) is 17.3. The number of carbonyl (C=O) groups is 4. The van der Waals surface area contributed by atoms with Crippen LogP contribution in [0, 0.1) is 17.4 Å². The van der Waals surface area contributed by atoms with Crippen molar-refractivity contribution in [2.75, 3.05) is 6.54 Å². The normalized spacial score (nSPS) is 28.4. The Morgan fingerprint density at radius 2 is 1.65 bits per heavy atom. The molecule has 5 atom stereocenters. The highest BCUT2D eigenvalue weighted by molar-refractivity contribution is 6.24. The largest absolute Gasteiger partial charge is 0.446 e. The van der Waals surface area contributed by atoms with Crippen LogP contribution in [-0.2, 0) is 24.0 Å². The Kier molecular flexibility index (Phi) is 9.08. The molecule has 2 aliphatic heterocycles. The number of fused-ring (bicyclic) bond motifs is 5. The maximum absolute atomic E-state index is 14.3. The second-order valence-electron chi connectivity index (χ2n) is 13.6. The molecular weight excluding hydrogens is 624 g/mol. The van der Waals surface area contributed by atoms with Crippen LogP contribution in [0.3, 0.4) is 0 Å². The lowest BCUT2D eigenvalue weighted by atomic mass is 9.96. The summed E-state index contributed by atoms with van der Waals surface area (Å²) in [7, 11) is 0. The van der Waals surface area contributed by atoms with Crippen molar-refractivity contribution < 1.29 is 28.8 Å². The van der Waals surface area contributed by atoms with Crippen LogP contribution in [0.2, 0.25) is 0 Å². The third-order valence-corrected chi connectivity index (χ3v) is 10.4. The Morgan fingerprint density at radius 1 is 0.939 bits per heavy atom. The minimum absolute atomic E-state index is 0.0492. The zero-order valence-electron chi connectivity index (χ0n) is 27.2. The topological polar surface area (TPSA) is 162 Å². The molecule has 2 saturated carbocycles. The lowest BCUT2D eigenvalue weighted by molar-refractivity contribution is -0.141. The number of nitrogens with zero attached hydrogens (tertiary/aromatic N) is 3. The van der Waals surface area contributed by atoms with E-state index in [1.54, 1.807) is 6.19 Å². The summed E-state index contributed by atoms with van der Waals surface area (Å²) in [6.45, 7) is 0.0492. The van der Waals surface area contributed by atoms with Gasteiger partial charge in [0.2, 0.25) is 11.8 Å². The smallest absolute Gasteiger partial charge is 0.408 e. The van der Waals surface area contributed by atoms with Gasteiger partial charge in [0.1, 0.15) is 35.5 Å². The van der Waals surface area contributed by atoms with Gasteiger partial charge in [-0.1, -0.05) is 78.7 Å². The van der Waals surface area contributed by atoms with Crippen LogP contribution in [0.1, 0.15) is 75.3 Å². The number of ether oxygens (including phenoxy) is 1. The maximum atomic E-state index is 14.3. The number of nitriles is 1. The van der Waals surface area contributed by atoms with E-state index in [2.05, 4.69) is 21.1 Å². The molecule has 1 saturated heterocycles. The number of benzene rings is 2. The van der Waals surface area contributed by atoms with E-state index < -0.39 is 47.5 Å². The van der Waals surface area contributed by atoms with Gasteiger partial charge in [0.05, 0.1) is 6.54 Å². The van der Waals surface area contributed by atoms with Gasteiger partial charge in [-0.2, -0.15) is 5.26 Å². The van der Waals surface area contributed by atoms with Gasteiger partial charge < -0.3 is 25.1 Å². The summed E-state index contributed by atoms with van der Waals surface area (Å²) >= 11 is 0. The molecule has 12 nitrogen and oxygen atoms in total. The summed E-state index contributed by atoms with van der Waals surface area (Å²) in [5.41, 5.74) is 3.33. The molecule has 0 radical (unpaired) electrons. The van der Waals surface area contributed by atoms with E-state index in [-0.39, 0.29) is 25.0 Å². The molecule has 2 heterocycles. The van der Waals surface area contributed by atoms with Crippen molar-refractivity contribution in [3.8, 4) is 17.3 Å². The first-order chi connectivity index (χ1) is 23.9. The third-order valence-electron chi connectivity index (χ3n) is 10.4. The maximum Gasteiger partial charge on any atom is 0.408 e. The number of hydrogen-bond acceptors (Lipinski definition) is 8. The van der Waals surface area contributed by atoms with Crippen molar-refractivity contribution in [2.45, 2.75) is 94.0 Å². The summed E-state index contributed by atoms with van der Waals surface area (Å²) in [4.78, 5) is 62.0. The van der Waals surface area contributed by atoms with Gasteiger partial charge in [0, 0.05) is 23.5 Å². The van der Waals surface area contributed by atoms with Crippen molar-refractivity contribution in [2.24, 2.45) is 11.1 Å². The van der Waals surface area contributed by atoms with Crippen LogP contribution in [0.5, 0.6) is 0 Å². The van der Waals surface area contributed by atoms with E-state index in [0.29, 0.717) is 25.0 Å². The number of rotatable bonds is 5. The van der Waals surface area contributed by atoms with Crippen molar-refractivity contribution in [3.05, 3.63) is 71.8 Å². The van der Waals surface area contributed by atoms with E-state index >= 15 is 0 Å². The third kappa shape index (κ3) is 6.49. The highest BCUT2D eigenvalue weighted by Crippen LogP contribution is 2.45. The number of oxime groups is 1. The molecule has 7 rings (SSSR count). The lowest BCUT2D eigenvalue weighted by Crippen LogP contribution is -2.57. The zero-order chi connectivity index (χ0) is 34.0. The molecule has 4 amide bonds. The molecule has 3 fully saturated rings. The highest BCUT2D eigenvalue weighted by atomic mass is 16.6. The first kappa shape index (κ1) is 32.4. The van der Waals surface area contributed by atoms with Gasteiger partial charge in [-0.3, -0.25) is 19.7 Å². The SMILES string of the molecule is N#CNC(=O)[C@@]12CC1/C=C/CCCCC[C@@H](NC(=O)OC1CCC1)C(=O)N1C[C@H](ON=C3c4ccccc4-c4ccccc43)C[C@H]1C(=O)N2. The molecule has 12 heteroatoms. The average Bonchev–Trinajstić information content (AvgIpc) is 3.45. The van der Waals surface area contributed by atoms with Crippen molar-refractivity contribution in [1.29, 1.82) is 5.26 Å². The minimum atomic E-state index is -1.29. The Morgan fingerprint density at radius 3 is 2.33 bits per heavy atom. The number of allylic oxidation sites excluding steroid dienone is 1. The monoisotopic (exact) mass is 664 g/mol. The summed E-state index contributed by atoms with van der Waals surface area (Å²) in [5, 5.41) is 21.7. The highest BCUT2D eigenvalue weighted by Gasteiger charge is 2.61. The Hall–Kier alpha value is -5.18. The number of alkyl carbamates (subject to hydrolysis) is 1. The van der Waals surface area contributed by atoms with E-state index in [1.807, 2.05) is 60.7 Å². The van der Waals surface area contributed by atoms with E-state index in [9.17, 15) is 24.4 Å². The molecular formula is C37H40N6O6. The zero-order valence-corrected chi connectivity index (χ0v) is 27.2. The Labute approximate surface area is 284 Å². The van der Waals surface area contributed by atoms with Crippen LogP contribution in [0.15, 0.2) is 65.8 Å². The number of amides is 4. The molecule has 0 bridgehead atoms. The van der Waals surface area contributed by atoms with Crippen LogP contribution in [0.4, 0.5) is 4.79 Å². The van der Waals surface area contributed by atoms with E-state index in [1.165, 1.54) is 4.90 Å². The molecule has 0 spiro atoms. The molecule has 2 aromatic carbocycles. The van der Waals surface area contributed by atoms with E-state index in [4.69, 9.17) is 9.57 Å². The van der Waals surface area contributed by atoms with Crippen LogP contribution in [-0.4, -0.2) is 70.8 Å². The number of carbonyl (C=O) groups excluding carboxylic acids is 4. The lowest BCUT2D eigenvalue weighted by Gasteiger charge is -2.30. The van der Waals surface area contributed by atoms with Crippen LogP contribution in [0.25, 0.3) is 11.1 Å². The van der Waals surface area contributed by atoms with Gasteiger partial charge in [-0.15, -0.1) is 0 Å². The Bertz CT molecular complexity index is 1700. The standard InChI is InChI=1S/C37H40N6O6/c38-22-39-35(46)37-20-23(37)11-4-2-1-3-5-18-30(40-36(47)48-24-12-10-13-24)34(45)43-21-25(19-31(43)33(44)41-37)49-42-32-28-16-8-6-14-26(28)27-15-7-9-17-29(27)32/h4,6-9,11,14-17,23-25,30-31H,1-3,5,10,12-13,18-21H2,(H,39,46)(H,40,47)(H,41,44)/b11-4+/t23?,25-,30-,31+,37-/m1/s1. The van der Waals surface area contributed by atoms with Crippen LogP contribution >= 0.6 is 0 Å². The van der Waals surface area contributed by atoms with Crippen molar-refractivity contribution in [3.63, 3.8) is 0 Å². The molecule has 3 aliphatic carbocycles. The van der Waals surface area contributed by atoms with Gasteiger partial charge in [-0.25, -0.2) is 4.79 Å². The second kappa shape index (κ2) is 13.7. The van der Waals surface area contributed by atoms with Crippen LogP contribution < -0.4 is 16.0 Å². The second-order valence-corrected chi connectivity index (χ2v) is 13.6. The van der Waals surface area contributed by atoms with Gasteiger partial charge in [0.15, 0.2) is 6.19 Å². The fourth-order valence-electron chi connectivity index (χ4n) is 7.35. The molecule has 2 aromatic rings. The summed E-state index contributed by atoms with van der Waals surface area (Å²) in [5.74, 6) is -1.82. The molecule has 49 heavy (non-hydrogen) atoms. The molecule has 0 aromatic heterocycles. The van der Waals surface area contributed by atoms with E-state index in [0.717, 1.165) is 60.8 Å². The molecule has 254 valence electrons.